The molecule has 4 bridgehead atoms. The Morgan fingerprint density at radius 2 is 1.38 bits per heavy atom. The fourth-order valence-corrected chi connectivity index (χ4v) is 7.99. The molecule has 0 aromatic rings. The van der Waals surface area contributed by atoms with Gasteiger partial charge in [-0.25, -0.2) is 0 Å². The highest BCUT2D eigenvalue weighted by Crippen LogP contribution is 2.72. The zero-order chi connectivity index (χ0) is 19.2. The largest absolute Gasteiger partial charge is 0.417 e. The SMILES string of the molecule is CC1C(C)C2CC1C1C3CC(CC(C)(OC(C)(C)C)C(F)(F)F)C(C3)C21. The lowest BCUT2D eigenvalue weighted by Gasteiger charge is -2.46. The van der Waals surface area contributed by atoms with Crippen LogP contribution >= 0.6 is 0 Å². The Balaban J connectivity index is 1.54. The molecule has 0 N–H and O–H groups in total. The van der Waals surface area contributed by atoms with Crippen molar-refractivity contribution in [2.24, 2.45) is 53.3 Å². The monoisotopic (exact) mass is 372 g/mol. The maximum atomic E-state index is 13.9. The van der Waals surface area contributed by atoms with E-state index in [0.29, 0.717) is 17.8 Å². The lowest BCUT2D eigenvalue weighted by molar-refractivity contribution is -0.303. The van der Waals surface area contributed by atoms with Gasteiger partial charge in [-0.1, -0.05) is 13.8 Å². The summed E-state index contributed by atoms with van der Waals surface area (Å²) >= 11 is 0. The number of rotatable bonds is 3. The summed E-state index contributed by atoms with van der Waals surface area (Å²) in [6, 6.07) is 0. The van der Waals surface area contributed by atoms with Gasteiger partial charge >= 0.3 is 6.18 Å². The summed E-state index contributed by atoms with van der Waals surface area (Å²) < 4.78 is 47.5. The Labute approximate surface area is 156 Å². The highest BCUT2D eigenvalue weighted by atomic mass is 19.4. The molecule has 0 saturated heterocycles. The molecule has 150 valence electrons. The predicted octanol–water partition coefficient (Wildman–Crippen LogP) is 6.32. The van der Waals surface area contributed by atoms with Crippen molar-refractivity contribution in [2.75, 3.05) is 0 Å². The van der Waals surface area contributed by atoms with E-state index < -0.39 is 17.4 Å². The van der Waals surface area contributed by atoms with Crippen LogP contribution in [0.1, 0.15) is 67.2 Å². The second-order valence-electron chi connectivity index (χ2n) is 11.2. The van der Waals surface area contributed by atoms with Gasteiger partial charge in [-0.05, 0) is 107 Å². The van der Waals surface area contributed by atoms with Gasteiger partial charge in [0.1, 0.15) is 0 Å². The molecule has 1 nitrogen and oxygen atoms in total. The third-order valence-electron chi connectivity index (χ3n) is 8.77. The van der Waals surface area contributed by atoms with Crippen LogP contribution in [0.4, 0.5) is 13.2 Å². The van der Waals surface area contributed by atoms with Crippen molar-refractivity contribution in [3.8, 4) is 0 Å². The van der Waals surface area contributed by atoms with Gasteiger partial charge < -0.3 is 4.74 Å². The number of ether oxygens (including phenoxy) is 1. The van der Waals surface area contributed by atoms with Gasteiger partial charge in [-0.15, -0.1) is 0 Å². The van der Waals surface area contributed by atoms with E-state index in [-0.39, 0.29) is 12.3 Å². The van der Waals surface area contributed by atoms with Crippen LogP contribution in [0.5, 0.6) is 0 Å². The predicted molar refractivity (Wildman–Crippen MR) is 96.5 cm³/mol. The minimum Gasteiger partial charge on any atom is -0.360 e. The van der Waals surface area contributed by atoms with Gasteiger partial charge in [0.25, 0.3) is 0 Å². The molecule has 0 aliphatic heterocycles. The Morgan fingerprint density at radius 3 is 1.92 bits per heavy atom. The van der Waals surface area contributed by atoms with E-state index in [1.165, 1.54) is 19.8 Å². The summed E-state index contributed by atoms with van der Waals surface area (Å²) in [7, 11) is 0. The van der Waals surface area contributed by atoms with Crippen LogP contribution in [0.25, 0.3) is 0 Å². The Morgan fingerprint density at radius 1 is 0.808 bits per heavy atom. The van der Waals surface area contributed by atoms with E-state index in [0.717, 1.165) is 36.0 Å². The normalized spacial score (nSPS) is 49.5. The van der Waals surface area contributed by atoms with E-state index in [2.05, 4.69) is 13.8 Å². The van der Waals surface area contributed by atoms with Crippen LogP contribution in [0.2, 0.25) is 0 Å². The van der Waals surface area contributed by atoms with Gasteiger partial charge in [0, 0.05) is 0 Å². The van der Waals surface area contributed by atoms with Gasteiger partial charge in [0.2, 0.25) is 0 Å². The number of alkyl halides is 3. The molecule has 4 heteroatoms. The fraction of sp³-hybridized carbons (Fsp3) is 1.00. The second kappa shape index (κ2) is 5.64. The molecule has 10 atom stereocenters. The molecule has 0 spiro atoms. The van der Waals surface area contributed by atoms with E-state index in [9.17, 15) is 13.2 Å². The van der Waals surface area contributed by atoms with Crippen LogP contribution in [0, 0.1) is 53.3 Å². The minimum absolute atomic E-state index is 0.138. The van der Waals surface area contributed by atoms with E-state index in [1.54, 1.807) is 20.8 Å². The summed E-state index contributed by atoms with van der Waals surface area (Å²) in [4.78, 5) is 0. The van der Waals surface area contributed by atoms with E-state index >= 15 is 0 Å². The van der Waals surface area contributed by atoms with Crippen molar-refractivity contribution >= 4 is 0 Å². The zero-order valence-electron chi connectivity index (χ0n) is 17.1. The number of halogens is 3. The summed E-state index contributed by atoms with van der Waals surface area (Å²) in [5.41, 5.74) is -2.83. The van der Waals surface area contributed by atoms with Crippen molar-refractivity contribution in [1.82, 2.24) is 0 Å². The topological polar surface area (TPSA) is 9.23 Å². The third kappa shape index (κ3) is 2.68. The van der Waals surface area contributed by atoms with E-state index in [4.69, 9.17) is 4.74 Å². The van der Waals surface area contributed by atoms with Crippen LogP contribution in [-0.4, -0.2) is 17.4 Å². The summed E-state index contributed by atoms with van der Waals surface area (Å²) in [6.45, 7) is 11.3. The van der Waals surface area contributed by atoms with Crippen LogP contribution in [0.15, 0.2) is 0 Å². The van der Waals surface area contributed by atoms with Crippen molar-refractivity contribution in [3.05, 3.63) is 0 Å². The Hall–Kier alpha value is -0.250. The van der Waals surface area contributed by atoms with Crippen molar-refractivity contribution < 1.29 is 17.9 Å². The van der Waals surface area contributed by atoms with Gasteiger partial charge in [0.05, 0.1) is 5.60 Å². The highest BCUT2D eigenvalue weighted by molar-refractivity contribution is 5.14. The standard InChI is InChI=1S/C22H35F3O/c1-11-12(2)16-9-15(11)18-13-7-14(17(8-13)19(16)18)10-21(6,22(23,24)25)26-20(3,4)5/h11-19H,7-10H2,1-6H3. The van der Waals surface area contributed by atoms with Gasteiger partial charge in [-0.2, -0.15) is 13.2 Å². The maximum absolute atomic E-state index is 13.9. The summed E-state index contributed by atoms with van der Waals surface area (Å²) in [5, 5.41) is 0. The minimum atomic E-state index is -4.32. The van der Waals surface area contributed by atoms with Gasteiger partial charge in [-0.3, -0.25) is 0 Å². The molecule has 26 heavy (non-hydrogen) atoms. The average molecular weight is 373 g/mol. The molecule has 4 aliphatic carbocycles. The molecule has 0 amide bonds. The molecule has 0 aromatic heterocycles. The van der Waals surface area contributed by atoms with Crippen molar-refractivity contribution in [3.63, 3.8) is 0 Å². The lowest BCUT2D eigenvalue weighted by Crippen LogP contribution is -2.51. The maximum Gasteiger partial charge on any atom is 0.417 e. The first-order valence-corrected chi connectivity index (χ1v) is 10.6. The second-order valence-corrected chi connectivity index (χ2v) is 11.2. The number of hydrogen-bond acceptors (Lipinski definition) is 1. The third-order valence-corrected chi connectivity index (χ3v) is 8.77. The van der Waals surface area contributed by atoms with Crippen LogP contribution in [-0.2, 0) is 4.74 Å². The van der Waals surface area contributed by atoms with Crippen molar-refractivity contribution in [1.29, 1.82) is 0 Å². The Bertz CT molecular complexity index is 565. The van der Waals surface area contributed by atoms with Crippen LogP contribution < -0.4 is 0 Å². The molecule has 0 aromatic carbocycles. The van der Waals surface area contributed by atoms with Crippen molar-refractivity contribution in [2.45, 2.75) is 84.6 Å². The average Bonchev–Trinajstić information content (AvgIpc) is 3.15. The Kier molecular flexibility index (Phi) is 4.14. The van der Waals surface area contributed by atoms with E-state index in [1.807, 2.05) is 0 Å². The zero-order valence-corrected chi connectivity index (χ0v) is 17.1. The molecule has 4 fully saturated rings. The fourth-order valence-electron chi connectivity index (χ4n) is 7.99. The number of hydrogen-bond donors (Lipinski definition) is 0. The molecule has 0 heterocycles. The smallest absolute Gasteiger partial charge is 0.360 e. The summed E-state index contributed by atoms with van der Waals surface area (Å²) in [6.07, 6.45) is -0.672. The first-order valence-electron chi connectivity index (χ1n) is 10.6. The summed E-state index contributed by atoms with van der Waals surface area (Å²) in [5.74, 6) is 6.03. The molecule has 10 unspecified atom stereocenters. The molecular weight excluding hydrogens is 337 g/mol. The number of fused-ring (bicyclic) bond motifs is 9. The molecule has 4 rings (SSSR count). The quantitative estimate of drug-likeness (QED) is 0.527. The van der Waals surface area contributed by atoms with Crippen LogP contribution in [0.3, 0.4) is 0 Å². The van der Waals surface area contributed by atoms with Gasteiger partial charge in [0.15, 0.2) is 5.60 Å². The lowest BCUT2D eigenvalue weighted by atomic mass is 9.61. The highest BCUT2D eigenvalue weighted by Gasteiger charge is 2.67. The molecule has 4 saturated carbocycles. The first kappa shape index (κ1) is 19.1. The molecular formula is C22H35F3O. The first-order chi connectivity index (χ1) is 11.8. The molecule has 0 radical (unpaired) electrons. The molecule has 4 aliphatic rings.